The van der Waals surface area contributed by atoms with E-state index in [4.69, 9.17) is 5.73 Å². The summed E-state index contributed by atoms with van der Waals surface area (Å²) in [7, 11) is 0. The quantitative estimate of drug-likeness (QED) is 0.660. The van der Waals surface area contributed by atoms with Gasteiger partial charge in [0.15, 0.2) is 0 Å². The molecule has 1 saturated heterocycles. The first-order valence-corrected chi connectivity index (χ1v) is 7.55. The Morgan fingerprint density at radius 3 is 2.40 bits per heavy atom. The van der Waals surface area contributed by atoms with Gasteiger partial charge in [-0.3, -0.25) is 14.9 Å². The van der Waals surface area contributed by atoms with Crippen molar-refractivity contribution in [2.24, 2.45) is 0 Å². The van der Waals surface area contributed by atoms with Gasteiger partial charge in [-0.25, -0.2) is 4.98 Å². The number of benzene rings is 1. The molecule has 132 valence electrons. The van der Waals surface area contributed by atoms with Crippen LogP contribution in [0.3, 0.4) is 0 Å². The minimum Gasteiger partial charge on any atom is -0.397 e. The van der Waals surface area contributed by atoms with Gasteiger partial charge in [0.25, 0.3) is 11.6 Å². The van der Waals surface area contributed by atoms with Gasteiger partial charge in [0.2, 0.25) is 0 Å². The molecular weight excluding hydrogens is 346 g/mol. The summed E-state index contributed by atoms with van der Waals surface area (Å²) in [5.74, 6) is -0.155. The number of piperazine rings is 1. The fraction of sp³-hybridized carbons (Fsp3) is 0.250. The summed E-state index contributed by atoms with van der Waals surface area (Å²) >= 11 is 0. The van der Waals surface area contributed by atoms with E-state index in [0.717, 1.165) is 0 Å². The maximum atomic E-state index is 12.4. The van der Waals surface area contributed by atoms with Crippen LogP contribution in [0.2, 0.25) is 0 Å². The molecule has 0 bridgehead atoms. The standard InChI is InChI=1S/C16H17N5O3.ClH/c17-12-5-6-13(18-11-12)16(22)20-9-7-19(8-10-20)14-3-1-2-4-15(14)21(23)24;/h1-6,11H,7-10,17H2;1H. The van der Waals surface area contributed by atoms with Crippen LogP contribution in [-0.4, -0.2) is 46.9 Å². The summed E-state index contributed by atoms with van der Waals surface area (Å²) in [6, 6.07) is 9.89. The molecule has 0 spiro atoms. The van der Waals surface area contributed by atoms with Crippen molar-refractivity contribution in [3.8, 4) is 0 Å². The number of anilines is 2. The van der Waals surface area contributed by atoms with E-state index >= 15 is 0 Å². The number of para-hydroxylation sites is 2. The molecule has 0 aliphatic carbocycles. The van der Waals surface area contributed by atoms with E-state index in [1.165, 1.54) is 12.3 Å². The molecule has 1 aromatic carbocycles. The second-order valence-electron chi connectivity index (χ2n) is 5.50. The molecule has 0 atom stereocenters. The number of nitro groups is 1. The first-order valence-electron chi connectivity index (χ1n) is 7.55. The fourth-order valence-corrected chi connectivity index (χ4v) is 2.73. The number of pyridine rings is 1. The summed E-state index contributed by atoms with van der Waals surface area (Å²) in [5, 5.41) is 11.1. The lowest BCUT2D eigenvalue weighted by molar-refractivity contribution is -0.384. The second-order valence-corrected chi connectivity index (χ2v) is 5.50. The number of nitro benzene ring substituents is 1. The Morgan fingerprint density at radius 2 is 1.80 bits per heavy atom. The molecule has 1 aliphatic heterocycles. The number of nitrogens with two attached hydrogens (primary N) is 1. The molecule has 8 nitrogen and oxygen atoms in total. The molecule has 1 aromatic heterocycles. The van der Waals surface area contributed by atoms with Crippen molar-refractivity contribution in [3.63, 3.8) is 0 Å². The number of aromatic nitrogens is 1. The van der Waals surface area contributed by atoms with E-state index in [-0.39, 0.29) is 28.9 Å². The number of amides is 1. The molecule has 9 heteroatoms. The Morgan fingerprint density at radius 1 is 1.12 bits per heavy atom. The molecule has 3 rings (SSSR count). The van der Waals surface area contributed by atoms with Gasteiger partial charge < -0.3 is 15.5 Å². The minimum atomic E-state index is -0.384. The highest BCUT2D eigenvalue weighted by molar-refractivity contribution is 5.92. The molecule has 0 unspecified atom stereocenters. The third kappa shape index (κ3) is 3.97. The van der Waals surface area contributed by atoms with Crippen LogP contribution in [0.4, 0.5) is 17.1 Å². The zero-order valence-corrected chi connectivity index (χ0v) is 14.2. The highest BCUT2D eigenvalue weighted by atomic mass is 35.5. The van der Waals surface area contributed by atoms with Crippen LogP contribution in [0, 0.1) is 10.1 Å². The number of hydrogen-bond acceptors (Lipinski definition) is 6. The van der Waals surface area contributed by atoms with E-state index in [2.05, 4.69) is 4.98 Å². The van der Waals surface area contributed by atoms with Gasteiger partial charge in [-0.2, -0.15) is 0 Å². The molecule has 0 saturated carbocycles. The fourth-order valence-electron chi connectivity index (χ4n) is 2.73. The van der Waals surface area contributed by atoms with Crippen molar-refractivity contribution in [1.82, 2.24) is 9.88 Å². The maximum Gasteiger partial charge on any atom is 0.292 e. The lowest BCUT2D eigenvalue weighted by Gasteiger charge is -2.35. The van der Waals surface area contributed by atoms with E-state index < -0.39 is 0 Å². The molecule has 25 heavy (non-hydrogen) atoms. The van der Waals surface area contributed by atoms with Crippen LogP contribution in [0.15, 0.2) is 42.6 Å². The topological polar surface area (TPSA) is 106 Å². The number of rotatable bonds is 3. The van der Waals surface area contributed by atoms with Gasteiger partial charge >= 0.3 is 0 Å². The van der Waals surface area contributed by atoms with Crippen molar-refractivity contribution in [2.75, 3.05) is 36.8 Å². The third-order valence-corrected chi connectivity index (χ3v) is 3.99. The van der Waals surface area contributed by atoms with Gasteiger partial charge in [-0.05, 0) is 18.2 Å². The maximum absolute atomic E-state index is 12.4. The monoisotopic (exact) mass is 363 g/mol. The summed E-state index contributed by atoms with van der Waals surface area (Å²) in [4.78, 5) is 30.9. The minimum absolute atomic E-state index is 0. The summed E-state index contributed by atoms with van der Waals surface area (Å²) < 4.78 is 0. The number of carbonyl (C=O) groups is 1. The van der Waals surface area contributed by atoms with Crippen LogP contribution >= 0.6 is 12.4 Å². The highest BCUT2D eigenvalue weighted by Crippen LogP contribution is 2.28. The Kier molecular flexibility index (Phi) is 5.76. The number of hydrogen-bond donors (Lipinski definition) is 1. The summed E-state index contributed by atoms with van der Waals surface area (Å²) in [6.07, 6.45) is 1.46. The molecule has 0 radical (unpaired) electrons. The van der Waals surface area contributed by atoms with Crippen molar-refractivity contribution >= 4 is 35.4 Å². The highest BCUT2D eigenvalue weighted by Gasteiger charge is 2.26. The van der Waals surface area contributed by atoms with Crippen LogP contribution < -0.4 is 10.6 Å². The molecule has 1 fully saturated rings. The molecule has 1 amide bonds. The van der Waals surface area contributed by atoms with Gasteiger partial charge in [0.1, 0.15) is 11.4 Å². The normalized spacial score (nSPS) is 13.9. The van der Waals surface area contributed by atoms with Crippen LogP contribution in [-0.2, 0) is 0 Å². The van der Waals surface area contributed by atoms with E-state index in [1.54, 1.807) is 35.2 Å². The molecular formula is C16H18ClN5O3. The predicted molar refractivity (Wildman–Crippen MR) is 97.1 cm³/mol. The molecule has 1 aliphatic rings. The molecule has 2 aromatic rings. The largest absolute Gasteiger partial charge is 0.397 e. The van der Waals surface area contributed by atoms with Crippen molar-refractivity contribution in [1.29, 1.82) is 0 Å². The van der Waals surface area contributed by atoms with Gasteiger partial charge in [0.05, 0.1) is 16.8 Å². The Labute approximate surface area is 150 Å². The van der Waals surface area contributed by atoms with Crippen LogP contribution in [0.1, 0.15) is 10.5 Å². The van der Waals surface area contributed by atoms with E-state index in [9.17, 15) is 14.9 Å². The third-order valence-electron chi connectivity index (χ3n) is 3.99. The zero-order chi connectivity index (χ0) is 17.1. The lowest BCUT2D eigenvalue weighted by Crippen LogP contribution is -2.49. The number of carbonyl (C=O) groups excluding carboxylic acids is 1. The van der Waals surface area contributed by atoms with E-state index in [1.807, 2.05) is 4.90 Å². The first kappa shape index (κ1) is 18.5. The van der Waals surface area contributed by atoms with Crippen LogP contribution in [0.5, 0.6) is 0 Å². The van der Waals surface area contributed by atoms with Gasteiger partial charge in [0, 0.05) is 32.2 Å². The van der Waals surface area contributed by atoms with Gasteiger partial charge in [-0.15, -0.1) is 12.4 Å². The summed E-state index contributed by atoms with van der Waals surface area (Å²) in [6.45, 7) is 2.03. The number of halogens is 1. The molecule has 2 heterocycles. The first-order chi connectivity index (χ1) is 11.6. The van der Waals surface area contributed by atoms with Crippen molar-refractivity contribution < 1.29 is 9.72 Å². The lowest BCUT2D eigenvalue weighted by atomic mass is 10.2. The smallest absolute Gasteiger partial charge is 0.292 e. The SMILES string of the molecule is Cl.Nc1ccc(C(=O)N2CCN(c3ccccc3[N+](=O)[O-])CC2)nc1. The predicted octanol–water partition coefficient (Wildman–Crippen LogP) is 1.96. The Bertz CT molecular complexity index is 761. The van der Waals surface area contributed by atoms with Gasteiger partial charge in [-0.1, -0.05) is 12.1 Å². The van der Waals surface area contributed by atoms with Crippen LogP contribution in [0.25, 0.3) is 0 Å². The molecule has 2 N–H and O–H groups in total. The average Bonchev–Trinajstić information content (AvgIpc) is 2.62. The number of nitrogens with zero attached hydrogens (tertiary/aromatic N) is 4. The van der Waals surface area contributed by atoms with Crippen molar-refractivity contribution in [2.45, 2.75) is 0 Å². The zero-order valence-electron chi connectivity index (χ0n) is 13.4. The summed E-state index contributed by atoms with van der Waals surface area (Å²) in [5.41, 5.74) is 7.10. The Hall–Kier alpha value is -2.87. The average molecular weight is 364 g/mol. The van der Waals surface area contributed by atoms with E-state index in [0.29, 0.717) is 43.2 Å². The second kappa shape index (κ2) is 7.80. The van der Waals surface area contributed by atoms with Crippen molar-refractivity contribution in [3.05, 3.63) is 58.4 Å². The Balaban J connectivity index is 0.00000225. The number of nitrogen functional groups attached to an aromatic ring is 1.